The Hall–Kier alpha value is -2.49. The molecule has 0 heterocycles. The standard InChI is InChI=1S/C17H15FO3/c1-2-6-15(19)14-11-13(18)9-10-16(14)21-17(20)12-7-4-3-5-8-12/h3-5,7-11H,2,6H2,1H3. The maximum absolute atomic E-state index is 13.3. The Morgan fingerprint density at radius 1 is 1.10 bits per heavy atom. The van der Waals surface area contributed by atoms with Crippen LogP contribution in [0.2, 0.25) is 0 Å². The van der Waals surface area contributed by atoms with Gasteiger partial charge in [-0.25, -0.2) is 9.18 Å². The second-order valence-corrected chi connectivity index (χ2v) is 4.57. The minimum absolute atomic E-state index is 0.0868. The lowest BCUT2D eigenvalue weighted by molar-refractivity contribution is 0.0732. The minimum atomic E-state index is -0.576. The molecule has 0 spiro atoms. The number of rotatable bonds is 5. The molecule has 0 saturated heterocycles. The third-order valence-electron chi connectivity index (χ3n) is 2.93. The van der Waals surface area contributed by atoms with E-state index in [0.717, 1.165) is 12.1 Å². The Labute approximate surface area is 122 Å². The van der Waals surface area contributed by atoms with Crippen LogP contribution in [0.1, 0.15) is 40.5 Å². The van der Waals surface area contributed by atoms with Gasteiger partial charge in [-0.2, -0.15) is 0 Å². The third kappa shape index (κ3) is 3.75. The predicted molar refractivity (Wildman–Crippen MR) is 77.0 cm³/mol. The first kappa shape index (κ1) is 14.9. The first-order valence-electron chi connectivity index (χ1n) is 6.71. The van der Waals surface area contributed by atoms with E-state index < -0.39 is 11.8 Å². The van der Waals surface area contributed by atoms with E-state index in [-0.39, 0.29) is 23.5 Å². The van der Waals surface area contributed by atoms with E-state index in [1.165, 1.54) is 6.07 Å². The highest BCUT2D eigenvalue weighted by atomic mass is 19.1. The van der Waals surface area contributed by atoms with Crippen LogP contribution in [-0.4, -0.2) is 11.8 Å². The fourth-order valence-corrected chi connectivity index (χ4v) is 1.90. The van der Waals surface area contributed by atoms with Crippen molar-refractivity contribution in [1.82, 2.24) is 0 Å². The van der Waals surface area contributed by atoms with E-state index in [2.05, 4.69) is 0 Å². The molecule has 2 aromatic carbocycles. The van der Waals surface area contributed by atoms with Gasteiger partial charge in [0.2, 0.25) is 0 Å². The van der Waals surface area contributed by atoms with Crippen molar-refractivity contribution in [3.63, 3.8) is 0 Å². The van der Waals surface area contributed by atoms with Crippen molar-refractivity contribution in [2.24, 2.45) is 0 Å². The normalized spacial score (nSPS) is 10.2. The van der Waals surface area contributed by atoms with Gasteiger partial charge in [-0.15, -0.1) is 0 Å². The Morgan fingerprint density at radius 3 is 2.48 bits per heavy atom. The zero-order valence-corrected chi connectivity index (χ0v) is 11.6. The van der Waals surface area contributed by atoms with Gasteiger partial charge in [-0.05, 0) is 36.8 Å². The Bertz CT molecular complexity index is 650. The van der Waals surface area contributed by atoms with Crippen LogP contribution in [0.3, 0.4) is 0 Å². The number of halogens is 1. The molecule has 0 radical (unpaired) electrons. The molecule has 0 amide bonds. The van der Waals surface area contributed by atoms with Crippen molar-refractivity contribution in [2.45, 2.75) is 19.8 Å². The van der Waals surface area contributed by atoms with Crippen LogP contribution in [0.15, 0.2) is 48.5 Å². The predicted octanol–water partition coefficient (Wildman–Crippen LogP) is 4.03. The first-order chi connectivity index (χ1) is 10.1. The highest BCUT2D eigenvalue weighted by Crippen LogP contribution is 2.23. The summed E-state index contributed by atoms with van der Waals surface area (Å²) in [5.74, 6) is -1.27. The lowest BCUT2D eigenvalue weighted by Gasteiger charge is -2.09. The van der Waals surface area contributed by atoms with Crippen molar-refractivity contribution < 1.29 is 18.7 Å². The van der Waals surface area contributed by atoms with Crippen LogP contribution in [0.4, 0.5) is 4.39 Å². The Balaban J connectivity index is 2.27. The van der Waals surface area contributed by atoms with Gasteiger partial charge in [0.15, 0.2) is 5.78 Å². The summed E-state index contributed by atoms with van der Waals surface area (Å²) in [5.41, 5.74) is 0.469. The van der Waals surface area contributed by atoms with Gasteiger partial charge in [-0.1, -0.05) is 25.1 Å². The molecule has 0 unspecified atom stereocenters. The summed E-state index contributed by atoms with van der Waals surface area (Å²) in [5, 5.41) is 0. The van der Waals surface area contributed by atoms with E-state index in [4.69, 9.17) is 4.74 Å². The Morgan fingerprint density at radius 2 is 1.81 bits per heavy atom. The molecular weight excluding hydrogens is 271 g/mol. The summed E-state index contributed by atoms with van der Waals surface area (Å²) in [6.45, 7) is 1.85. The Kier molecular flexibility index (Phi) is 4.82. The molecule has 2 rings (SSSR count). The van der Waals surface area contributed by atoms with Gasteiger partial charge in [0, 0.05) is 6.42 Å². The van der Waals surface area contributed by atoms with Gasteiger partial charge in [-0.3, -0.25) is 4.79 Å². The van der Waals surface area contributed by atoms with E-state index in [0.29, 0.717) is 12.0 Å². The average molecular weight is 286 g/mol. The van der Waals surface area contributed by atoms with Gasteiger partial charge in [0.1, 0.15) is 11.6 Å². The molecule has 108 valence electrons. The number of benzene rings is 2. The van der Waals surface area contributed by atoms with Crippen molar-refractivity contribution in [1.29, 1.82) is 0 Å². The molecule has 0 atom stereocenters. The number of esters is 1. The van der Waals surface area contributed by atoms with Crippen LogP contribution in [-0.2, 0) is 0 Å². The van der Waals surface area contributed by atoms with E-state index in [9.17, 15) is 14.0 Å². The topological polar surface area (TPSA) is 43.4 Å². The minimum Gasteiger partial charge on any atom is -0.422 e. The summed E-state index contributed by atoms with van der Waals surface area (Å²) in [6.07, 6.45) is 0.917. The summed E-state index contributed by atoms with van der Waals surface area (Å²) in [6, 6.07) is 12.0. The third-order valence-corrected chi connectivity index (χ3v) is 2.93. The molecular formula is C17H15FO3. The van der Waals surface area contributed by atoms with Crippen molar-refractivity contribution in [3.05, 3.63) is 65.5 Å². The first-order valence-corrected chi connectivity index (χ1v) is 6.71. The second kappa shape index (κ2) is 6.79. The van der Waals surface area contributed by atoms with E-state index >= 15 is 0 Å². The maximum atomic E-state index is 13.3. The van der Waals surface area contributed by atoms with Crippen molar-refractivity contribution in [3.8, 4) is 5.75 Å². The molecule has 0 bridgehead atoms. The van der Waals surface area contributed by atoms with Crippen molar-refractivity contribution in [2.75, 3.05) is 0 Å². The molecule has 0 aliphatic rings. The largest absolute Gasteiger partial charge is 0.422 e. The fourth-order valence-electron chi connectivity index (χ4n) is 1.90. The van der Waals surface area contributed by atoms with Gasteiger partial charge in [0.25, 0.3) is 0 Å². The molecule has 0 fully saturated rings. The van der Waals surface area contributed by atoms with E-state index in [1.54, 1.807) is 30.3 Å². The molecule has 4 heteroatoms. The molecule has 0 aliphatic carbocycles. The van der Waals surface area contributed by atoms with Gasteiger partial charge in [0.05, 0.1) is 11.1 Å². The fraction of sp³-hybridized carbons (Fsp3) is 0.176. The molecule has 0 aromatic heterocycles. The van der Waals surface area contributed by atoms with Crippen LogP contribution in [0, 0.1) is 5.82 Å². The molecule has 21 heavy (non-hydrogen) atoms. The highest BCUT2D eigenvalue weighted by molar-refractivity contribution is 6.00. The van der Waals surface area contributed by atoms with Crippen LogP contribution in [0.5, 0.6) is 5.75 Å². The van der Waals surface area contributed by atoms with Crippen LogP contribution < -0.4 is 4.74 Å². The average Bonchev–Trinajstić information content (AvgIpc) is 2.50. The number of ether oxygens (including phenoxy) is 1. The van der Waals surface area contributed by atoms with Crippen LogP contribution in [0.25, 0.3) is 0 Å². The van der Waals surface area contributed by atoms with E-state index in [1.807, 2.05) is 6.92 Å². The number of hydrogen-bond acceptors (Lipinski definition) is 3. The zero-order valence-electron chi connectivity index (χ0n) is 11.6. The quantitative estimate of drug-likeness (QED) is 0.473. The molecule has 0 saturated carbocycles. The zero-order chi connectivity index (χ0) is 15.2. The highest BCUT2D eigenvalue weighted by Gasteiger charge is 2.16. The molecule has 0 N–H and O–H groups in total. The lowest BCUT2D eigenvalue weighted by atomic mass is 10.1. The summed E-state index contributed by atoms with van der Waals surface area (Å²) in [4.78, 5) is 24.0. The summed E-state index contributed by atoms with van der Waals surface area (Å²) in [7, 11) is 0. The van der Waals surface area contributed by atoms with Gasteiger partial charge < -0.3 is 4.74 Å². The smallest absolute Gasteiger partial charge is 0.343 e. The SMILES string of the molecule is CCCC(=O)c1cc(F)ccc1OC(=O)c1ccccc1. The maximum Gasteiger partial charge on any atom is 0.343 e. The number of carbonyl (C=O) groups excluding carboxylic acids is 2. The number of Topliss-reactive ketones (excluding diaryl/α,β-unsaturated/α-hetero) is 1. The number of hydrogen-bond donors (Lipinski definition) is 0. The molecule has 0 aliphatic heterocycles. The summed E-state index contributed by atoms with van der Waals surface area (Å²) >= 11 is 0. The molecule has 2 aromatic rings. The van der Waals surface area contributed by atoms with Crippen molar-refractivity contribution >= 4 is 11.8 Å². The summed E-state index contributed by atoms with van der Waals surface area (Å²) < 4.78 is 18.5. The molecule has 3 nitrogen and oxygen atoms in total. The monoisotopic (exact) mass is 286 g/mol. The van der Waals surface area contributed by atoms with Gasteiger partial charge >= 0.3 is 5.97 Å². The second-order valence-electron chi connectivity index (χ2n) is 4.57. The number of carbonyl (C=O) groups is 2. The lowest BCUT2D eigenvalue weighted by Crippen LogP contribution is -2.11. The number of ketones is 1. The van der Waals surface area contributed by atoms with Crippen LogP contribution >= 0.6 is 0 Å².